The molecular formula is C57H71BrIrN3. The molecular weight excluding hydrogens is 999 g/mol. The molecule has 330 valence electrons. The maximum atomic E-state index is 4.37. The zero-order valence-electron chi connectivity index (χ0n) is 37.9. The third kappa shape index (κ3) is 21.5. The number of aryl methyl sites for hydroxylation is 3. The normalized spacial score (nSPS) is 10.5. The third-order valence-corrected chi connectivity index (χ3v) is 11.7. The molecule has 3 heterocycles. The number of hydrogen-bond acceptors (Lipinski definition) is 3. The van der Waals surface area contributed by atoms with E-state index in [0.29, 0.717) is 0 Å². The topological polar surface area (TPSA) is 38.7 Å². The molecule has 0 bridgehead atoms. The molecule has 3 aromatic heterocycles. The number of halogens is 1. The molecule has 0 aliphatic rings. The maximum Gasteiger partial charge on any atom is 3.00 e. The molecule has 0 spiro atoms. The van der Waals surface area contributed by atoms with Crippen LogP contribution in [0.5, 0.6) is 0 Å². The van der Waals surface area contributed by atoms with Crippen LogP contribution in [0, 0.1) is 18.2 Å². The van der Waals surface area contributed by atoms with Crippen molar-refractivity contribution < 1.29 is 20.1 Å². The van der Waals surface area contributed by atoms with Gasteiger partial charge in [-0.05, 0) is 35.3 Å². The van der Waals surface area contributed by atoms with Crippen molar-refractivity contribution in [2.75, 3.05) is 0 Å². The molecule has 0 aliphatic heterocycles. The van der Waals surface area contributed by atoms with Gasteiger partial charge >= 0.3 is 20.1 Å². The zero-order chi connectivity index (χ0) is 43.0. The first-order valence-corrected chi connectivity index (χ1v) is 24.4. The van der Waals surface area contributed by atoms with Crippen molar-refractivity contribution in [2.45, 2.75) is 156 Å². The van der Waals surface area contributed by atoms with Crippen LogP contribution in [0.2, 0.25) is 0 Å². The Kier molecular flexibility index (Phi) is 28.6. The van der Waals surface area contributed by atoms with Crippen molar-refractivity contribution in [3.05, 3.63) is 161 Å². The van der Waals surface area contributed by atoms with E-state index in [0.717, 1.165) is 40.2 Å². The average Bonchev–Trinajstić information content (AvgIpc) is 3.32. The summed E-state index contributed by atoms with van der Waals surface area (Å²) in [6.45, 7) is 6.79. The van der Waals surface area contributed by atoms with Gasteiger partial charge in [-0.15, -0.1) is 100 Å². The molecule has 0 N–H and O–H groups in total. The smallest absolute Gasteiger partial charge is 0.305 e. The van der Waals surface area contributed by atoms with Crippen LogP contribution in [0.15, 0.2) is 126 Å². The van der Waals surface area contributed by atoms with Crippen LogP contribution in [0.3, 0.4) is 0 Å². The minimum Gasteiger partial charge on any atom is -0.305 e. The fourth-order valence-corrected chi connectivity index (χ4v) is 7.80. The summed E-state index contributed by atoms with van der Waals surface area (Å²) in [4.78, 5) is 13.1. The van der Waals surface area contributed by atoms with E-state index in [2.05, 4.69) is 118 Å². The summed E-state index contributed by atoms with van der Waals surface area (Å²) in [6.07, 6.45) is 33.2. The van der Waals surface area contributed by atoms with E-state index in [1.165, 1.54) is 150 Å². The van der Waals surface area contributed by atoms with Gasteiger partial charge in [-0.1, -0.05) is 212 Å². The summed E-state index contributed by atoms with van der Waals surface area (Å²) in [5.41, 5.74) is 10.3. The molecule has 5 heteroatoms. The second kappa shape index (κ2) is 33.8. The Bertz CT molecular complexity index is 1860. The van der Waals surface area contributed by atoms with Gasteiger partial charge in [0.05, 0.1) is 0 Å². The fourth-order valence-electron chi connectivity index (χ4n) is 7.26. The summed E-state index contributed by atoms with van der Waals surface area (Å²) in [7, 11) is 0. The SMILES string of the molecule is CCCCCCCCc1c[c-]c(-c2ccccn2)cc1.CCCCCCCCc1c[c-]c(-c2ccccn2)cc1.CCCCCCCCc1c[c-]c(-c2ccccn2)cc1Br.[Ir+3]. The molecule has 0 aliphatic carbocycles. The van der Waals surface area contributed by atoms with E-state index in [4.69, 9.17) is 0 Å². The summed E-state index contributed by atoms with van der Waals surface area (Å²) < 4.78 is 1.18. The molecule has 6 aromatic rings. The first-order chi connectivity index (χ1) is 30.1. The van der Waals surface area contributed by atoms with Gasteiger partial charge in [-0.25, -0.2) is 0 Å². The Balaban J connectivity index is 0.000000246. The van der Waals surface area contributed by atoms with E-state index in [9.17, 15) is 0 Å². The monoisotopic (exact) mass is 1070 g/mol. The largest absolute Gasteiger partial charge is 3.00 e. The van der Waals surface area contributed by atoms with Gasteiger partial charge in [0.25, 0.3) is 0 Å². The van der Waals surface area contributed by atoms with Crippen LogP contribution in [0.1, 0.15) is 153 Å². The van der Waals surface area contributed by atoms with Gasteiger partial charge in [0.1, 0.15) is 0 Å². The Morgan fingerprint density at radius 3 is 1.13 bits per heavy atom. The average molecular weight is 1070 g/mol. The first kappa shape index (κ1) is 52.6. The van der Waals surface area contributed by atoms with E-state index >= 15 is 0 Å². The summed E-state index contributed by atoms with van der Waals surface area (Å²) in [5, 5.41) is 0. The fraction of sp³-hybridized carbons (Fsp3) is 0.421. The van der Waals surface area contributed by atoms with Gasteiger partial charge < -0.3 is 15.0 Å². The number of nitrogens with zero attached hydrogens (tertiary/aromatic N) is 3. The summed E-state index contributed by atoms with van der Waals surface area (Å²) in [5.74, 6) is 0. The van der Waals surface area contributed by atoms with Gasteiger partial charge in [0.2, 0.25) is 0 Å². The summed E-state index contributed by atoms with van der Waals surface area (Å²) >= 11 is 3.69. The molecule has 0 saturated heterocycles. The zero-order valence-corrected chi connectivity index (χ0v) is 41.9. The van der Waals surface area contributed by atoms with Gasteiger partial charge in [-0.2, -0.15) is 0 Å². The number of benzene rings is 3. The third-order valence-electron chi connectivity index (χ3n) is 11.0. The Morgan fingerprint density at radius 1 is 0.403 bits per heavy atom. The minimum absolute atomic E-state index is 0. The van der Waals surface area contributed by atoms with Crippen molar-refractivity contribution in [1.29, 1.82) is 0 Å². The Hall–Kier alpha value is -3.76. The first-order valence-electron chi connectivity index (χ1n) is 23.6. The predicted molar refractivity (Wildman–Crippen MR) is 264 cm³/mol. The molecule has 0 amide bonds. The van der Waals surface area contributed by atoms with Crippen LogP contribution in [0.4, 0.5) is 0 Å². The molecule has 0 fully saturated rings. The van der Waals surface area contributed by atoms with Crippen LogP contribution >= 0.6 is 15.9 Å². The van der Waals surface area contributed by atoms with E-state index in [-0.39, 0.29) is 20.1 Å². The summed E-state index contributed by atoms with van der Waals surface area (Å²) in [6, 6.07) is 45.2. The number of unbranched alkanes of at least 4 members (excludes halogenated alkanes) is 15. The van der Waals surface area contributed by atoms with Crippen LogP contribution in [-0.4, -0.2) is 15.0 Å². The molecule has 3 nitrogen and oxygen atoms in total. The molecule has 3 aromatic carbocycles. The van der Waals surface area contributed by atoms with Crippen molar-refractivity contribution in [1.82, 2.24) is 15.0 Å². The second-order valence-corrected chi connectivity index (χ2v) is 17.0. The van der Waals surface area contributed by atoms with Gasteiger partial charge in [-0.3, -0.25) is 0 Å². The predicted octanol–water partition coefficient (Wildman–Crippen LogP) is 17.1. The van der Waals surface area contributed by atoms with Crippen LogP contribution < -0.4 is 0 Å². The van der Waals surface area contributed by atoms with Crippen molar-refractivity contribution in [3.63, 3.8) is 0 Å². The number of hydrogen-bond donors (Lipinski definition) is 0. The molecule has 0 atom stereocenters. The van der Waals surface area contributed by atoms with Gasteiger partial charge in [0.15, 0.2) is 0 Å². The van der Waals surface area contributed by atoms with Crippen molar-refractivity contribution in [3.8, 4) is 33.8 Å². The van der Waals surface area contributed by atoms with Crippen molar-refractivity contribution in [2.24, 2.45) is 0 Å². The second-order valence-electron chi connectivity index (χ2n) is 16.1. The van der Waals surface area contributed by atoms with Crippen molar-refractivity contribution >= 4 is 15.9 Å². The molecule has 0 radical (unpaired) electrons. The van der Waals surface area contributed by atoms with E-state index in [1.54, 1.807) is 0 Å². The minimum atomic E-state index is 0. The van der Waals surface area contributed by atoms with E-state index < -0.39 is 0 Å². The molecule has 62 heavy (non-hydrogen) atoms. The maximum absolute atomic E-state index is 4.37. The Morgan fingerprint density at radius 2 is 0.774 bits per heavy atom. The standard InChI is InChI=1S/C19H23BrN.2C19H24N.Ir/c1-2-3-4-5-6-7-10-16-12-13-17(15-18(16)20)19-11-8-9-14-21-19;2*1-2-3-4-5-6-7-10-17-12-14-18(15-13-17)19-11-8-9-16-20-19;/h8-9,11-12,14-15H,2-7,10H2,1H3;2*8-9,11-14,16H,2-7,10H2,1H3;/q3*-1;+3. The number of pyridine rings is 3. The van der Waals surface area contributed by atoms with E-state index in [1.807, 2.05) is 73.2 Å². The molecule has 0 saturated carbocycles. The number of rotatable bonds is 24. The quantitative estimate of drug-likeness (QED) is 0.0448. The Labute approximate surface area is 398 Å². The molecule has 0 unspecified atom stereocenters. The molecule has 6 rings (SSSR count). The number of aromatic nitrogens is 3. The van der Waals surface area contributed by atoms with Crippen LogP contribution in [0.25, 0.3) is 33.8 Å². The van der Waals surface area contributed by atoms with Crippen LogP contribution in [-0.2, 0) is 39.4 Å². The van der Waals surface area contributed by atoms with Gasteiger partial charge in [0, 0.05) is 18.6 Å².